The van der Waals surface area contributed by atoms with E-state index in [-0.39, 0.29) is 11.7 Å². The van der Waals surface area contributed by atoms with E-state index in [1.165, 1.54) is 17.6 Å². The molecule has 0 spiro atoms. The van der Waals surface area contributed by atoms with E-state index in [1.54, 1.807) is 47.8 Å². The van der Waals surface area contributed by atoms with E-state index in [2.05, 4.69) is 10.6 Å². The van der Waals surface area contributed by atoms with E-state index < -0.39 is 5.91 Å². The number of benzene rings is 1. The zero-order valence-electron chi connectivity index (χ0n) is 11.7. The summed E-state index contributed by atoms with van der Waals surface area (Å²) in [5.74, 6) is -0.589. The second kappa shape index (κ2) is 6.68. The molecule has 0 fully saturated rings. The minimum atomic E-state index is -0.413. The van der Waals surface area contributed by atoms with Crippen LogP contribution >= 0.6 is 22.9 Å². The van der Waals surface area contributed by atoms with Crippen LogP contribution in [0.15, 0.2) is 58.5 Å². The Hall–Kier alpha value is -2.57. The summed E-state index contributed by atoms with van der Waals surface area (Å²) in [6, 6.07) is 11.7. The van der Waals surface area contributed by atoms with Crippen LogP contribution in [0.4, 0.5) is 10.7 Å². The molecule has 0 aliphatic carbocycles. The lowest BCUT2D eigenvalue weighted by atomic mass is 10.2. The van der Waals surface area contributed by atoms with Crippen LogP contribution in [0.3, 0.4) is 0 Å². The zero-order chi connectivity index (χ0) is 16.2. The van der Waals surface area contributed by atoms with Gasteiger partial charge in [-0.15, -0.1) is 11.3 Å². The molecule has 23 heavy (non-hydrogen) atoms. The minimum Gasteiger partial charge on any atom is -0.459 e. The molecule has 1 aromatic carbocycles. The third-order valence-corrected chi connectivity index (χ3v) is 4.16. The van der Waals surface area contributed by atoms with E-state index in [1.807, 2.05) is 0 Å². The molecule has 0 radical (unpaired) electrons. The maximum absolute atomic E-state index is 12.4. The molecule has 0 saturated heterocycles. The summed E-state index contributed by atoms with van der Waals surface area (Å²) < 4.78 is 5.03. The first-order valence-electron chi connectivity index (χ1n) is 6.63. The van der Waals surface area contributed by atoms with Crippen molar-refractivity contribution in [3.8, 4) is 0 Å². The summed E-state index contributed by atoms with van der Waals surface area (Å²) in [7, 11) is 0. The predicted molar refractivity (Wildman–Crippen MR) is 90.4 cm³/mol. The number of halogens is 1. The SMILES string of the molecule is O=C(Nc1sccc1C(=O)Nc1ccccc1Cl)c1ccco1. The standard InChI is InChI=1S/C16H11ClN2O3S/c17-11-4-1-2-5-12(11)18-14(20)10-7-9-23-16(10)19-15(21)13-6-3-8-22-13/h1-9H,(H,18,20)(H,19,21). The molecule has 0 atom stereocenters. The topological polar surface area (TPSA) is 71.3 Å². The number of carbonyl (C=O) groups excluding carboxylic acids is 2. The van der Waals surface area contributed by atoms with Gasteiger partial charge in [0.05, 0.1) is 22.5 Å². The molecular weight excluding hydrogens is 336 g/mol. The highest BCUT2D eigenvalue weighted by molar-refractivity contribution is 7.14. The van der Waals surface area contributed by atoms with Crippen molar-refractivity contribution in [2.24, 2.45) is 0 Å². The largest absolute Gasteiger partial charge is 0.459 e. The molecule has 2 amide bonds. The number of amides is 2. The number of para-hydroxylation sites is 1. The van der Waals surface area contributed by atoms with Gasteiger partial charge in [-0.05, 0) is 35.7 Å². The van der Waals surface area contributed by atoms with Crippen molar-refractivity contribution >= 4 is 45.4 Å². The molecule has 2 N–H and O–H groups in total. The molecule has 3 rings (SSSR count). The molecule has 2 heterocycles. The van der Waals surface area contributed by atoms with Gasteiger partial charge in [-0.3, -0.25) is 9.59 Å². The first-order chi connectivity index (χ1) is 11.1. The van der Waals surface area contributed by atoms with Gasteiger partial charge in [0.1, 0.15) is 5.00 Å². The number of nitrogens with one attached hydrogen (secondary N) is 2. The fourth-order valence-electron chi connectivity index (χ4n) is 1.91. The Morgan fingerprint density at radius 3 is 2.57 bits per heavy atom. The van der Waals surface area contributed by atoms with Crippen LogP contribution < -0.4 is 10.6 Å². The monoisotopic (exact) mass is 346 g/mol. The molecule has 0 aliphatic heterocycles. The Morgan fingerprint density at radius 2 is 1.83 bits per heavy atom. The van der Waals surface area contributed by atoms with E-state index in [9.17, 15) is 9.59 Å². The first kappa shape index (κ1) is 15.3. The lowest BCUT2D eigenvalue weighted by Crippen LogP contribution is -2.16. The lowest BCUT2D eigenvalue weighted by Gasteiger charge is -2.08. The third-order valence-electron chi connectivity index (χ3n) is 3.00. The summed E-state index contributed by atoms with van der Waals surface area (Å²) in [5.41, 5.74) is 0.864. The van der Waals surface area contributed by atoms with E-state index in [4.69, 9.17) is 16.0 Å². The van der Waals surface area contributed by atoms with Gasteiger partial charge in [-0.2, -0.15) is 0 Å². The second-order valence-corrected chi connectivity index (χ2v) is 5.85. The van der Waals surface area contributed by atoms with Crippen LogP contribution in [-0.4, -0.2) is 11.8 Å². The Kier molecular flexibility index (Phi) is 4.45. The molecular formula is C16H11ClN2O3S. The summed E-state index contributed by atoms with van der Waals surface area (Å²) in [6.07, 6.45) is 1.41. The lowest BCUT2D eigenvalue weighted by molar-refractivity contribution is 0.0997. The number of hydrogen-bond donors (Lipinski definition) is 2. The van der Waals surface area contributed by atoms with Crippen LogP contribution in [0.2, 0.25) is 5.02 Å². The molecule has 0 aliphatic rings. The Bertz CT molecular complexity index is 843. The van der Waals surface area contributed by atoms with Gasteiger partial charge in [0.2, 0.25) is 0 Å². The number of furan rings is 1. The predicted octanol–water partition coefficient (Wildman–Crippen LogP) is 4.50. The van der Waals surface area contributed by atoms with Crippen LogP contribution in [0.1, 0.15) is 20.9 Å². The number of rotatable bonds is 4. The van der Waals surface area contributed by atoms with Gasteiger partial charge < -0.3 is 15.1 Å². The molecule has 7 heteroatoms. The van der Waals surface area contributed by atoms with Gasteiger partial charge >= 0.3 is 0 Å². The van der Waals surface area contributed by atoms with Crippen LogP contribution in [0.25, 0.3) is 0 Å². The number of thiophene rings is 1. The molecule has 2 aromatic heterocycles. The first-order valence-corrected chi connectivity index (χ1v) is 7.89. The second-order valence-electron chi connectivity index (χ2n) is 4.53. The van der Waals surface area contributed by atoms with Crippen LogP contribution in [-0.2, 0) is 0 Å². The van der Waals surface area contributed by atoms with Crippen LogP contribution in [0.5, 0.6) is 0 Å². The minimum absolute atomic E-state index is 0.177. The van der Waals surface area contributed by atoms with E-state index in [0.717, 1.165) is 0 Å². The highest BCUT2D eigenvalue weighted by atomic mass is 35.5. The van der Waals surface area contributed by atoms with Crippen molar-refractivity contribution < 1.29 is 14.0 Å². The van der Waals surface area contributed by atoms with Crippen molar-refractivity contribution in [1.29, 1.82) is 0 Å². The highest BCUT2D eigenvalue weighted by Crippen LogP contribution is 2.27. The highest BCUT2D eigenvalue weighted by Gasteiger charge is 2.17. The van der Waals surface area contributed by atoms with Crippen molar-refractivity contribution in [3.05, 3.63) is 70.5 Å². The van der Waals surface area contributed by atoms with Crippen molar-refractivity contribution in [2.75, 3.05) is 10.6 Å². The molecule has 5 nitrogen and oxygen atoms in total. The third kappa shape index (κ3) is 3.44. The average Bonchev–Trinajstić information content (AvgIpc) is 3.20. The van der Waals surface area contributed by atoms with Crippen molar-refractivity contribution in [2.45, 2.75) is 0 Å². The smallest absolute Gasteiger partial charge is 0.291 e. The normalized spacial score (nSPS) is 10.3. The van der Waals surface area contributed by atoms with Gasteiger partial charge in [-0.25, -0.2) is 0 Å². The Balaban J connectivity index is 1.76. The Labute approximate surface area is 140 Å². The maximum Gasteiger partial charge on any atom is 0.291 e. The zero-order valence-corrected chi connectivity index (χ0v) is 13.3. The number of anilines is 2. The molecule has 0 bridgehead atoms. The van der Waals surface area contributed by atoms with Gasteiger partial charge in [0.25, 0.3) is 11.8 Å². The Morgan fingerprint density at radius 1 is 1.00 bits per heavy atom. The molecule has 0 unspecified atom stereocenters. The molecule has 3 aromatic rings. The van der Waals surface area contributed by atoms with E-state index >= 15 is 0 Å². The summed E-state index contributed by atoms with van der Waals surface area (Å²) in [4.78, 5) is 24.4. The quantitative estimate of drug-likeness (QED) is 0.730. The van der Waals surface area contributed by atoms with Crippen LogP contribution in [0, 0.1) is 0 Å². The summed E-state index contributed by atoms with van der Waals surface area (Å²) in [6.45, 7) is 0. The molecule has 0 saturated carbocycles. The van der Waals surface area contributed by atoms with Crippen molar-refractivity contribution in [3.63, 3.8) is 0 Å². The van der Waals surface area contributed by atoms with Crippen molar-refractivity contribution in [1.82, 2.24) is 0 Å². The fraction of sp³-hybridized carbons (Fsp3) is 0. The number of carbonyl (C=O) groups is 2. The average molecular weight is 347 g/mol. The molecule has 116 valence electrons. The van der Waals surface area contributed by atoms with Gasteiger partial charge in [-0.1, -0.05) is 23.7 Å². The van der Waals surface area contributed by atoms with Gasteiger partial charge in [0, 0.05) is 0 Å². The fourth-order valence-corrected chi connectivity index (χ4v) is 2.87. The summed E-state index contributed by atoms with van der Waals surface area (Å²) >= 11 is 7.28. The summed E-state index contributed by atoms with van der Waals surface area (Å²) in [5, 5.41) is 7.99. The number of hydrogen-bond acceptors (Lipinski definition) is 4. The van der Waals surface area contributed by atoms with Gasteiger partial charge in [0.15, 0.2) is 5.76 Å². The van der Waals surface area contributed by atoms with E-state index in [0.29, 0.717) is 21.3 Å². The maximum atomic E-state index is 12.4.